The van der Waals surface area contributed by atoms with Crippen molar-refractivity contribution in [3.8, 4) is 0 Å². The van der Waals surface area contributed by atoms with E-state index in [2.05, 4.69) is 18.8 Å². The summed E-state index contributed by atoms with van der Waals surface area (Å²) in [5, 5.41) is 0. The number of H-pyrrole nitrogens is 1. The van der Waals surface area contributed by atoms with Crippen molar-refractivity contribution in [2.24, 2.45) is 5.92 Å². The van der Waals surface area contributed by atoms with Gasteiger partial charge in [0.15, 0.2) is 0 Å². The van der Waals surface area contributed by atoms with E-state index >= 15 is 0 Å². The number of nitrogens with one attached hydrogen (secondary N) is 1. The fourth-order valence-corrected chi connectivity index (χ4v) is 3.70. The Hall–Kier alpha value is -1.98. The van der Waals surface area contributed by atoms with Gasteiger partial charge < -0.3 is 19.5 Å². The zero-order valence-electron chi connectivity index (χ0n) is 14.6. The molecule has 1 spiro atoms. The van der Waals surface area contributed by atoms with Gasteiger partial charge in [-0.2, -0.15) is 0 Å². The average molecular weight is 333 g/mol. The minimum atomic E-state index is -0.407. The number of hydrogen-bond acceptors (Lipinski definition) is 3. The fraction of sp³-hybridized carbons (Fsp3) is 0.667. The Kier molecular flexibility index (Phi) is 4.83. The molecule has 0 aromatic carbocycles. The number of likely N-dealkylation sites (tertiary alicyclic amines) is 1. The van der Waals surface area contributed by atoms with Crippen molar-refractivity contribution in [1.82, 2.24) is 14.8 Å². The zero-order valence-corrected chi connectivity index (χ0v) is 14.6. The number of nitrogens with zero attached hydrogens (tertiary/aromatic N) is 2. The Morgan fingerprint density at radius 1 is 1.33 bits per heavy atom. The normalized spacial score (nSPS) is 20.0. The van der Waals surface area contributed by atoms with Crippen LogP contribution in [0.3, 0.4) is 0 Å². The van der Waals surface area contributed by atoms with Crippen LogP contribution in [0, 0.1) is 5.92 Å². The van der Waals surface area contributed by atoms with Crippen molar-refractivity contribution >= 4 is 12.0 Å². The molecule has 24 heavy (non-hydrogen) atoms. The first-order valence-electron chi connectivity index (χ1n) is 8.97. The van der Waals surface area contributed by atoms with E-state index in [0.29, 0.717) is 44.1 Å². The topological polar surface area (TPSA) is 65.6 Å². The molecule has 6 nitrogen and oxygen atoms in total. The van der Waals surface area contributed by atoms with Crippen molar-refractivity contribution in [3.63, 3.8) is 0 Å². The maximum atomic E-state index is 12.4. The van der Waals surface area contributed by atoms with Gasteiger partial charge in [0, 0.05) is 38.7 Å². The minimum absolute atomic E-state index is 0.0214. The highest BCUT2D eigenvalue weighted by Crippen LogP contribution is 2.34. The van der Waals surface area contributed by atoms with Crippen molar-refractivity contribution in [1.29, 1.82) is 0 Å². The molecule has 0 bridgehead atoms. The number of ether oxygens (including phenoxy) is 1. The summed E-state index contributed by atoms with van der Waals surface area (Å²) in [5.41, 5.74) is 0.208. The van der Waals surface area contributed by atoms with Gasteiger partial charge in [-0.25, -0.2) is 4.79 Å². The third-order valence-electron chi connectivity index (χ3n) is 5.46. The van der Waals surface area contributed by atoms with E-state index in [-0.39, 0.29) is 12.0 Å². The molecule has 3 rings (SSSR count). The molecule has 0 radical (unpaired) electrons. The molecule has 0 unspecified atom stereocenters. The van der Waals surface area contributed by atoms with Crippen LogP contribution in [0.1, 0.15) is 50.0 Å². The molecule has 0 saturated carbocycles. The van der Waals surface area contributed by atoms with Crippen molar-refractivity contribution in [2.75, 3.05) is 26.2 Å². The van der Waals surface area contributed by atoms with E-state index in [1.165, 1.54) is 0 Å². The lowest BCUT2D eigenvalue weighted by Gasteiger charge is -2.37. The fourth-order valence-electron chi connectivity index (χ4n) is 3.70. The lowest BCUT2D eigenvalue weighted by atomic mass is 9.91. The largest absolute Gasteiger partial charge is 0.441 e. The second-order valence-electron chi connectivity index (χ2n) is 6.99. The van der Waals surface area contributed by atoms with Gasteiger partial charge in [0.25, 0.3) is 5.91 Å². The van der Waals surface area contributed by atoms with Gasteiger partial charge in [0.05, 0.1) is 6.54 Å². The number of aromatic amines is 1. The standard InChI is InChI=1S/C18H27N3O3/c1-3-14(4-2)12-21-13-18(24-17(21)23)7-10-20(11-8-18)16(22)15-6-5-9-19-15/h5-6,9,14,19H,3-4,7-8,10-13H2,1-2H3. The molecule has 2 saturated heterocycles. The van der Waals surface area contributed by atoms with Crippen LogP contribution in [0.15, 0.2) is 18.3 Å². The SMILES string of the molecule is CCC(CC)CN1CC2(CCN(C(=O)c3ccc[nH]3)CC2)OC1=O. The summed E-state index contributed by atoms with van der Waals surface area (Å²) < 4.78 is 5.75. The monoisotopic (exact) mass is 333 g/mol. The summed E-state index contributed by atoms with van der Waals surface area (Å²) >= 11 is 0. The molecule has 1 aromatic rings. The summed E-state index contributed by atoms with van der Waals surface area (Å²) in [5.74, 6) is 0.551. The van der Waals surface area contributed by atoms with Gasteiger partial charge in [-0.15, -0.1) is 0 Å². The number of aromatic nitrogens is 1. The molecule has 2 amide bonds. The molecule has 0 atom stereocenters. The van der Waals surface area contributed by atoms with E-state index in [0.717, 1.165) is 19.4 Å². The Balaban J connectivity index is 1.58. The molecule has 0 aliphatic carbocycles. The zero-order chi connectivity index (χ0) is 17.2. The van der Waals surface area contributed by atoms with Crippen molar-refractivity contribution < 1.29 is 14.3 Å². The summed E-state index contributed by atoms with van der Waals surface area (Å²) in [6.07, 6.45) is 5.14. The lowest BCUT2D eigenvalue weighted by Crippen LogP contribution is -2.49. The third kappa shape index (κ3) is 3.28. The second kappa shape index (κ2) is 6.87. The number of hydrogen-bond donors (Lipinski definition) is 1. The van der Waals surface area contributed by atoms with Gasteiger partial charge in [0.2, 0.25) is 0 Å². The molecule has 6 heteroatoms. The first kappa shape index (κ1) is 16.9. The van der Waals surface area contributed by atoms with Crippen LogP contribution in [-0.2, 0) is 4.74 Å². The smallest absolute Gasteiger partial charge is 0.410 e. The van der Waals surface area contributed by atoms with Crippen molar-refractivity contribution in [2.45, 2.75) is 45.1 Å². The van der Waals surface area contributed by atoms with E-state index < -0.39 is 5.60 Å². The molecular weight excluding hydrogens is 306 g/mol. The Morgan fingerprint density at radius 2 is 2.04 bits per heavy atom. The molecule has 2 fully saturated rings. The van der Waals surface area contributed by atoms with Gasteiger partial charge in [-0.05, 0) is 18.1 Å². The first-order valence-corrected chi connectivity index (χ1v) is 8.97. The van der Waals surface area contributed by atoms with Crippen molar-refractivity contribution in [3.05, 3.63) is 24.0 Å². The third-order valence-corrected chi connectivity index (χ3v) is 5.46. The second-order valence-corrected chi connectivity index (χ2v) is 6.99. The molecule has 1 aromatic heterocycles. The molecule has 2 aliphatic heterocycles. The number of amides is 2. The first-order chi connectivity index (χ1) is 11.6. The van der Waals surface area contributed by atoms with Crippen LogP contribution in [0.5, 0.6) is 0 Å². The lowest BCUT2D eigenvalue weighted by molar-refractivity contribution is 0.00297. The molecule has 3 heterocycles. The minimum Gasteiger partial charge on any atom is -0.441 e. The van der Waals surface area contributed by atoms with E-state index in [1.807, 2.05) is 15.9 Å². The van der Waals surface area contributed by atoms with Crippen LogP contribution in [0.2, 0.25) is 0 Å². The Morgan fingerprint density at radius 3 is 2.62 bits per heavy atom. The molecular formula is C18H27N3O3. The summed E-state index contributed by atoms with van der Waals surface area (Å²) in [6, 6.07) is 3.62. The Bertz CT molecular complexity index is 572. The quantitative estimate of drug-likeness (QED) is 0.901. The number of carbonyl (C=O) groups is 2. The van der Waals surface area contributed by atoms with E-state index in [1.54, 1.807) is 12.3 Å². The highest BCUT2D eigenvalue weighted by atomic mass is 16.6. The van der Waals surface area contributed by atoms with Crippen LogP contribution < -0.4 is 0 Å². The summed E-state index contributed by atoms with van der Waals surface area (Å²) in [6.45, 7) is 7.02. The van der Waals surface area contributed by atoms with Gasteiger partial charge in [-0.1, -0.05) is 26.7 Å². The van der Waals surface area contributed by atoms with Crippen LogP contribution in [0.25, 0.3) is 0 Å². The molecule has 132 valence electrons. The predicted octanol–water partition coefficient (Wildman–Crippen LogP) is 2.88. The maximum Gasteiger partial charge on any atom is 0.410 e. The number of piperidine rings is 1. The molecule has 1 N–H and O–H groups in total. The number of rotatable bonds is 5. The highest BCUT2D eigenvalue weighted by molar-refractivity contribution is 5.92. The van der Waals surface area contributed by atoms with Crippen LogP contribution in [0.4, 0.5) is 4.79 Å². The van der Waals surface area contributed by atoms with E-state index in [4.69, 9.17) is 4.74 Å². The summed E-state index contributed by atoms with van der Waals surface area (Å²) in [7, 11) is 0. The molecule has 2 aliphatic rings. The predicted molar refractivity (Wildman–Crippen MR) is 90.8 cm³/mol. The average Bonchev–Trinajstić information content (AvgIpc) is 3.22. The van der Waals surface area contributed by atoms with Crippen LogP contribution >= 0.6 is 0 Å². The summed E-state index contributed by atoms with van der Waals surface area (Å²) in [4.78, 5) is 31.3. The maximum absolute atomic E-state index is 12.4. The van der Waals surface area contributed by atoms with Gasteiger partial charge in [0.1, 0.15) is 11.3 Å². The van der Waals surface area contributed by atoms with E-state index in [9.17, 15) is 9.59 Å². The highest BCUT2D eigenvalue weighted by Gasteiger charge is 2.47. The van der Waals surface area contributed by atoms with Crippen LogP contribution in [-0.4, -0.2) is 58.6 Å². The Labute approximate surface area is 143 Å². The number of carbonyl (C=O) groups excluding carboxylic acids is 2. The van der Waals surface area contributed by atoms with Gasteiger partial charge in [-0.3, -0.25) is 4.79 Å². The van der Waals surface area contributed by atoms with Gasteiger partial charge >= 0.3 is 6.09 Å².